The van der Waals surface area contributed by atoms with Crippen molar-refractivity contribution in [2.75, 3.05) is 26.4 Å². The van der Waals surface area contributed by atoms with Crippen molar-refractivity contribution in [3.63, 3.8) is 0 Å². The molecule has 0 atom stereocenters. The van der Waals surface area contributed by atoms with Gasteiger partial charge in [-0.25, -0.2) is 0 Å². The van der Waals surface area contributed by atoms with Crippen molar-refractivity contribution in [2.45, 2.75) is 0 Å². The van der Waals surface area contributed by atoms with Gasteiger partial charge in [-0.1, -0.05) is 0 Å². The Morgan fingerprint density at radius 2 is 0.917 bits per heavy atom. The number of hydrogen-bond donors (Lipinski definition) is 6. The van der Waals surface area contributed by atoms with Crippen molar-refractivity contribution >= 4 is 7.69 Å². The van der Waals surface area contributed by atoms with E-state index in [1.165, 1.54) is 0 Å². The van der Waals surface area contributed by atoms with Crippen LogP contribution in [0.25, 0.3) is 0 Å². The van der Waals surface area contributed by atoms with Crippen LogP contribution in [-0.4, -0.2) is 64.6 Å². The van der Waals surface area contributed by atoms with Crippen molar-refractivity contribution < 1.29 is 30.5 Å². The lowest BCUT2D eigenvalue weighted by Gasteiger charge is -2.23. The highest BCUT2D eigenvalue weighted by molar-refractivity contribution is 6.13. The maximum Gasteiger partial charge on any atom is 0.482 e. The molecule has 0 aliphatic carbocycles. The van der Waals surface area contributed by atoms with Gasteiger partial charge in [0, 0.05) is 0 Å². The second-order valence-electron chi connectivity index (χ2n) is 2.25. The van der Waals surface area contributed by atoms with Gasteiger partial charge >= 0.3 is 7.69 Å². The van der Waals surface area contributed by atoms with E-state index in [1.807, 2.05) is 0 Å². The minimum Gasteiger partial charge on any atom is -0.429 e. The molecular weight excluding hydrogens is 167 g/mol. The molecule has 7 heteroatoms. The van der Waals surface area contributed by atoms with Crippen LogP contribution < -0.4 is 0 Å². The molecule has 12 heavy (non-hydrogen) atoms. The summed E-state index contributed by atoms with van der Waals surface area (Å²) in [5, 5.41) is 48.0. The van der Waals surface area contributed by atoms with Gasteiger partial charge in [-0.05, 0) is 0 Å². The third-order valence-electron chi connectivity index (χ3n) is 1.34. The van der Waals surface area contributed by atoms with E-state index in [4.69, 9.17) is 30.5 Å². The van der Waals surface area contributed by atoms with Crippen molar-refractivity contribution in [3.05, 3.63) is 0 Å². The molecule has 0 saturated heterocycles. The summed E-state index contributed by atoms with van der Waals surface area (Å²) >= 11 is 0. The normalized spacial score (nSPS) is 10.2. The van der Waals surface area contributed by atoms with Gasteiger partial charge in [0.15, 0.2) is 0 Å². The molecule has 0 aromatic carbocycles. The first-order valence-electron chi connectivity index (χ1n) is 3.20. The Kier molecular flexibility index (Phi) is 10.7. The Morgan fingerprint density at radius 3 is 0.917 bits per heavy atom. The van der Waals surface area contributed by atoms with Gasteiger partial charge in [0.05, 0.1) is 31.8 Å². The molecule has 0 heterocycles. The zero-order valence-electron chi connectivity index (χ0n) is 6.59. The van der Waals surface area contributed by atoms with Crippen LogP contribution in [0.4, 0.5) is 0 Å². The predicted molar refractivity (Wildman–Crippen MR) is 41.0 cm³/mol. The van der Waals surface area contributed by atoms with E-state index in [1.54, 1.807) is 0 Å². The molecule has 6 N–H and O–H groups in total. The molecule has 0 aliphatic heterocycles. The maximum absolute atomic E-state index is 8.50. The molecular formula is C5H14BO6. The summed E-state index contributed by atoms with van der Waals surface area (Å²) in [5.74, 6) is 0. The molecule has 6 nitrogen and oxygen atoms in total. The smallest absolute Gasteiger partial charge is 0.429 e. The van der Waals surface area contributed by atoms with E-state index in [0.717, 1.165) is 0 Å². The largest absolute Gasteiger partial charge is 0.482 e. The fourth-order valence-corrected chi connectivity index (χ4v) is 0.300. The second-order valence-corrected chi connectivity index (χ2v) is 2.25. The average molecular weight is 181 g/mol. The van der Waals surface area contributed by atoms with Gasteiger partial charge in [0.1, 0.15) is 0 Å². The summed E-state index contributed by atoms with van der Waals surface area (Å²) in [6.45, 7) is -1.62. The minimum absolute atomic E-state index is 0. The van der Waals surface area contributed by atoms with Gasteiger partial charge in [0.25, 0.3) is 0 Å². The highest BCUT2D eigenvalue weighted by atomic mass is 16.4. The van der Waals surface area contributed by atoms with Crippen molar-refractivity contribution in [2.24, 2.45) is 5.41 Å². The van der Waals surface area contributed by atoms with Gasteiger partial charge < -0.3 is 30.5 Å². The van der Waals surface area contributed by atoms with Crippen LogP contribution in [-0.2, 0) is 0 Å². The van der Waals surface area contributed by atoms with E-state index in [-0.39, 0.29) is 7.69 Å². The molecule has 1 radical (unpaired) electrons. The number of aliphatic hydroxyl groups is 4. The summed E-state index contributed by atoms with van der Waals surface area (Å²) in [6, 6.07) is 0. The number of rotatable bonds is 4. The summed E-state index contributed by atoms with van der Waals surface area (Å²) in [5.41, 5.74) is -1.11. The molecule has 0 saturated carbocycles. The highest BCUT2D eigenvalue weighted by Gasteiger charge is 2.26. The third kappa shape index (κ3) is 5.47. The van der Waals surface area contributed by atoms with Crippen LogP contribution in [0.1, 0.15) is 0 Å². The van der Waals surface area contributed by atoms with Crippen LogP contribution in [0.15, 0.2) is 0 Å². The van der Waals surface area contributed by atoms with Crippen molar-refractivity contribution in [1.82, 2.24) is 0 Å². The first-order valence-corrected chi connectivity index (χ1v) is 3.20. The van der Waals surface area contributed by atoms with E-state index < -0.39 is 31.8 Å². The molecule has 73 valence electrons. The molecule has 0 bridgehead atoms. The van der Waals surface area contributed by atoms with Crippen LogP contribution in [0.3, 0.4) is 0 Å². The molecule has 0 unspecified atom stereocenters. The summed E-state index contributed by atoms with van der Waals surface area (Å²) in [7, 11) is 0. The Balaban J connectivity index is 0. The molecule has 0 amide bonds. The second kappa shape index (κ2) is 8.92. The fourth-order valence-electron chi connectivity index (χ4n) is 0.300. The quantitative estimate of drug-likeness (QED) is 0.250. The van der Waals surface area contributed by atoms with Crippen LogP contribution in [0, 0.1) is 5.41 Å². The zero-order chi connectivity index (χ0) is 10.0. The third-order valence-corrected chi connectivity index (χ3v) is 1.34. The monoisotopic (exact) mass is 181 g/mol. The summed E-state index contributed by atoms with van der Waals surface area (Å²) in [6.07, 6.45) is 0. The van der Waals surface area contributed by atoms with Crippen LogP contribution in [0.2, 0.25) is 0 Å². The molecule has 0 fully saturated rings. The van der Waals surface area contributed by atoms with E-state index >= 15 is 0 Å². The predicted octanol–water partition coefficient (Wildman–Crippen LogP) is -3.55. The molecule has 0 spiro atoms. The van der Waals surface area contributed by atoms with E-state index in [2.05, 4.69) is 0 Å². The minimum atomic E-state index is -1.11. The van der Waals surface area contributed by atoms with Gasteiger partial charge in [-0.15, -0.1) is 0 Å². The summed E-state index contributed by atoms with van der Waals surface area (Å²) in [4.78, 5) is 0. The average Bonchev–Trinajstić information content (AvgIpc) is 2.11. The Morgan fingerprint density at radius 1 is 0.750 bits per heavy atom. The standard InChI is InChI=1S/C5H12O4.BH2O2/c6-1-5(2-7,3-8)4-9;2-1-3/h6-9H,1-4H2;2-3H. The fraction of sp³-hybridized carbons (Fsp3) is 1.00. The zero-order valence-corrected chi connectivity index (χ0v) is 6.59. The SMILES string of the molecule is OCC(CO)(CO)CO.O[B]O. The van der Waals surface area contributed by atoms with Gasteiger partial charge in [-0.3, -0.25) is 0 Å². The van der Waals surface area contributed by atoms with E-state index in [0.29, 0.717) is 0 Å². The lowest BCUT2D eigenvalue weighted by Crippen LogP contribution is -2.37. The Labute approximate surface area is 71.0 Å². The number of aliphatic hydroxyl groups excluding tert-OH is 4. The first kappa shape index (κ1) is 14.4. The Hall–Kier alpha value is -0.175. The van der Waals surface area contributed by atoms with Crippen LogP contribution in [0.5, 0.6) is 0 Å². The van der Waals surface area contributed by atoms with Gasteiger partial charge in [-0.2, -0.15) is 0 Å². The lowest BCUT2D eigenvalue weighted by atomic mass is 9.93. The van der Waals surface area contributed by atoms with Crippen molar-refractivity contribution in [3.8, 4) is 0 Å². The number of hydrogen-bond acceptors (Lipinski definition) is 6. The van der Waals surface area contributed by atoms with Crippen molar-refractivity contribution in [1.29, 1.82) is 0 Å². The maximum atomic E-state index is 8.50. The molecule has 0 aliphatic rings. The molecule has 0 aromatic rings. The topological polar surface area (TPSA) is 121 Å². The summed E-state index contributed by atoms with van der Waals surface area (Å²) < 4.78 is 0. The molecule has 0 rings (SSSR count). The first-order chi connectivity index (χ1) is 5.66. The molecule has 0 aromatic heterocycles. The Bertz CT molecular complexity index is 68.5. The lowest BCUT2D eigenvalue weighted by molar-refractivity contribution is -0.0328. The highest BCUT2D eigenvalue weighted by Crippen LogP contribution is 2.11. The van der Waals surface area contributed by atoms with Gasteiger partial charge in [0.2, 0.25) is 0 Å². The van der Waals surface area contributed by atoms with E-state index in [9.17, 15) is 0 Å². The van der Waals surface area contributed by atoms with Crippen LogP contribution >= 0.6 is 0 Å².